The average molecular weight is 458 g/mol. The van der Waals surface area contributed by atoms with Crippen LogP contribution in [0.4, 0.5) is 11.5 Å². The number of aromatic nitrogens is 2. The molecule has 5 N–H and O–H groups in total. The Bertz CT molecular complexity index is 1200. The van der Waals surface area contributed by atoms with Crippen LogP contribution in [-0.4, -0.2) is 28.7 Å². The molecule has 1 amide bonds. The lowest BCUT2D eigenvalue weighted by atomic mass is 9.99. The van der Waals surface area contributed by atoms with Crippen LogP contribution in [0.25, 0.3) is 0 Å². The van der Waals surface area contributed by atoms with Gasteiger partial charge < -0.3 is 11.1 Å². The molecule has 3 aromatic carbocycles. The first-order valence-corrected chi connectivity index (χ1v) is 10.7. The quantitative estimate of drug-likeness (QED) is 0.179. The van der Waals surface area contributed by atoms with Gasteiger partial charge in [-0.25, -0.2) is 9.62 Å². The molecule has 0 fully saturated rings. The molecule has 1 aromatic heterocycles. The van der Waals surface area contributed by atoms with E-state index in [4.69, 9.17) is 15.2 Å². The minimum Gasteiger partial charge on any atom is -0.379 e. The van der Waals surface area contributed by atoms with Crippen molar-refractivity contribution in [1.29, 1.82) is 0 Å². The third-order valence-electron chi connectivity index (χ3n) is 5.02. The molecule has 0 aliphatic heterocycles. The van der Waals surface area contributed by atoms with E-state index in [9.17, 15) is 4.79 Å². The lowest BCUT2D eigenvalue weighted by Crippen LogP contribution is -2.70. The van der Waals surface area contributed by atoms with Gasteiger partial charge >= 0.3 is 5.84 Å². The van der Waals surface area contributed by atoms with Gasteiger partial charge in [-0.15, -0.1) is 5.48 Å². The highest BCUT2D eigenvalue weighted by atomic mass is 16.6. The summed E-state index contributed by atoms with van der Waals surface area (Å²) in [5, 5.41) is 10.4. The van der Waals surface area contributed by atoms with E-state index in [0.29, 0.717) is 0 Å². The number of aryl methyl sites for hydroxylation is 1. The van der Waals surface area contributed by atoms with E-state index in [1.54, 1.807) is 0 Å². The average Bonchev–Trinajstić information content (AvgIpc) is 3.30. The smallest absolute Gasteiger partial charge is 0.336 e. The topological polar surface area (TPSA) is 129 Å². The molecule has 4 aromatic rings. The monoisotopic (exact) mass is 457 g/mol. The minimum atomic E-state index is -0.317. The van der Waals surface area contributed by atoms with Crippen molar-refractivity contribution in [3.63, 3.8) is 0 Å². The van der Waals surface area contributed by atoms with Gasteiger partial charge in [0.15, 0.2) is 6.61 Å². The summed E-state index contributed by atoms with van der Waals surface area (Å²) in [6, 6.07) is 26.8. The van der Waals surface area contributed by atoms with Gasteiger partial charge in [0.1, 0.15) is 5.69 Å². The van der Waals surface area contributed by atoms with E-state index in [0.717, 1.165) is 22.4 Å². The van der Waals surface area contributed by atoms with E-state index in [2.05, 4.69) is 26.1 Å². The van der Waals surface area contributed by atoms with Gasteiger partial charge in [0, 0.05) is 0 Å². The van der Waals surface area contributed by atoms with Crippen molar-refractivity contribution >= 4 is 23.2 Å². The number of hydrogen-bond acceptors (Lipinski definition) is 6. The Balaban J connectivity index is 1.45. The van der Waals surface area contributed by atoms with E-state index in [1.165, 1.54) is 0 Å². The fourth-order valence-electron chi connectivity index (χ4n) is 3.31. The number of nitrogen functional groups attached to an aromatic ring is 1. The molecule has 34 heavy (non-hydrogen) atoms. The second-order valence-corrected chi connectivity index (χ2v) is 7.58. The summed E-state index contributed by atoms with van der Waals surface area (Å²) in [4.78, 5) is 21.4. The summed E-state index contributed by atoms with van der Waals surface area (Å²) in [5.41, 5.74) is 12.6. The standard InChI is InChI=1S/C25H24N6O3/c1-17-12-14-20(15-13-17)27-25(23-24(26)30-34-29-23)31-33-16-21(32)28-22(18-8-4-2-5-9-18)19-10-6-3-7-11-19/h2-15,22H,16H2,1H3,(H2,26,30)(H,27,31)(H,28,32)/p+1. The van der Waals surface area contributed by atoms with Crippen LogP contribution in [0.2, 0.25) is 0 Å². The number of amides is 1. The maximum atomic E-state index is 12.8. The molecule has 0 aliphatic rings. The second-order valence-electron chi connectivity index (χ2n) is 7.58. The zero-order valence-corrected chi connectivity index (χ0v) is 18.6. The van der Waals surface area contributed by atoms with Crippen molar-refractivity contribution in [3.8, 4) is 0 Å². The number of nitrogens with zero attached hydrogens (tertiary/aromatic N) is 2. The van der Waals surface area contributed by atoms with E-state index < -0.39 is 0 Å². The lowest BCUT2D eigenvalue weighted by Gasteiger charge is -2.19. The number of nitrogens with one attached hydrogen (secondary N) is 3. The number of nitrogens with two attached hydrogens (primary N) is 1. The molecule has 4 rings (SSSR count). The van der Waals surface area contributed by atoms with Gasteiger partial charge in [0.2, 0.25) is 11.5 Å². The molecule has 0 saturated carbocycles. The van der Waals surface area contributed by atoms with E-state index in [1.807, 2.05) is 91.9 Å². The second kappa shape index (κ2) is 10.9. The molecule has 9 heteroatoms. The van der Waals surface area contributed by atoms with Gasteiger partial charge in [-0.05, 0) is 40.5 Å². The van der Waals surface area contributed by atoms with Crippen LogP contribution >= 0.6 is 0 Å². The maximum Gasteiger partial charge on any atom is 0.336 e. The van der Waals surface area contributed by atoms with Crippen molar-refractivity contribution in [3.05, 3.63) is 107 Å². The number of amidine groups is 1. The molecule has 0 bridgehead atoms. The van der Waals surface area contributed by atoms with Gasteiger partial charge in [-0.1, -0.05) is 78.4 Å². The highest BCUT2D eigenvalue weighted by Crippen LogP contribution is 2.21. The fraction of sp³-hybridized carbons (Fsp3) is 0.120. The van der Waals surface area contributed by atoms with Crippen molar-refractivity contribution in [2.45, 2.75) is 13.0 Å². The Morgan fingerprint density at radius 3 is 2.15 bits per heavy atom. The molecule has 0 spiro atoms. The van der Waals surface area contributed by atoms with Crippen molar-refractivity contribution < 1.29 is 19.3 Å². The minimum absolute atomic E-state index is 0.0726. The summed E-state index contributed by atoms with van der Waals surface area (Å²) in [5.74, 6) is 0.0487. The van der Waals surface area contributed by atoms with Crippen LogP contribution in [0.15, 0.2) is 89.6 Å². The summed E-state index contributed by atoms with van der Waals surface area (Å²) in [7, 11) is 0. The van der Waals surface area contributed by atoms with E-state index >= 15 is 0 Å². The third-order valence-corrected chi connectivity index (χ3v) is 5.02. The molecule has 0 aliphatic carbocycles. The maximum absolute atomic E-state index is 12.8. The highest BCUT2D eigenvalue weighted by Gasteiger charge is 2.22. The first-order chi connectivity index (χ1) is 16.6. The number of rotatable bonds is 8. The highest BCUT2D eigenvalue weighted by molar-refractivity contribution is 5.96. The Morgan fingerprint density at radius 1 is 0.971 bits per heavy atom. The van der Waals surface area contributed by atoms with Gasteiger partial charge in [-0.3, -0.25) is 4.79 Å². The van der Waals surface area contributed by atoms with Crippen LogP contribution in [-0.2, 0) is 9.63 Å². The zero-order chi connectivity index (χ0) is 23.8. The van der Waals surface area contributed by atoms with Crippen molar-refractivity contribution in [2.75, 3.05) is 12.3 Å². The van der Waals surface area contributed by atoms with Crippen LogP contribution in [0.3, 0.4) is 0 Å². The van der Waals surface area contributed by atoms with Crippen LogP contribution in [0.1, 0.15) is 28.4 Å². The Morgan fingerprint density at radius 2 is 1.59 bits per heavy atom. The van der Waals surface area contributed by atoms with Crippen molar-refractivity contribution in [2.24, 2.45) is 0 Å². The molecule has 0 saturated heterocycles. The van der Waals surface area contributed by atoms with Crippen LogP contribution in [0.5, 0.6) is 0 Å². The van der Waals surface area contributed by atoms with Gasteiger partial charge in [0.05, 0.1) is 6.04 Å². The molecule has 0 unspecified atom stereocenters. The summed E-state index contributed by atoms with van der Waals surface area (Å²) < 4.78 is 4.70. The van der Waals surface area contributed by atoms with Crippen molar-refractivity contribution in [1.82, 2.24) is 21.1 Å². The van der Waals surface area contributed by atoms with Crippen LogP contribution < -0.4 is 21.5 Å². The first kappa shape index (κ1) is 22.7. The molecular formula is C25H25N6O3+. The Hall–Kier alpha value is -4.50. The molecule has 1 heterocycles. The summed E-state index contributed by atoms with van der Waals surface area (Å²) in [6.45, 7) is 1.73. The van der Waals surface area contributed by atoms with Crippen LogP contribution in [0, 0.1) is 6.92 Å². The molecule has 9 nitrogen and oxygen atoms in total. The van der Waals surface area contributed by atoms with Gasteiger partial charge in [0.25, 0.3) is 5.91 Å². The third kappa shape index (κ3) is 5.84. The number of carbonyl (C=O) groups is 1. The predicted molar refractivity (Wildman–Crippen MR) is 127 cm³/mol. The van der Waals surface area contributed by atoms with E-state index in [-0.39, 0.29) is 35.9 Å². The fourth-order valence-corrected chi connectivity index (χ4v) is 3.31. The largest absolute Gasteiger partial charge is 0.379 e. The Labute approximate surface area is 196 Å². The zero-order valence-electron chi connectivity index (χ0n) is 18.6. The lowest BCUT2D eigenvalue weighted by molar-refractivity contribution is -0.359. The Kier molecular flexibility index (Phi) is 7.26. The molecular weight excluding hydrogens is 432 g/mol. The summed E-state index contributed by atoms with van der Waals surface area (Å²) >= 11 is 0. The molecule has 0 radical (unpaired) electrons. The normalized spacial score (nSPS) is 11.4. The van der Waals surface area contributed by atoms with Gasteiger partial charge in [-0.2, -0.15) is 4.84 Å². The number of anilines is 1. The molecule has 0 atom stereocenters. The summed E-state index contributed by atoms with van der Waals surface area (Å²) in [6.07, 6.45) is 0. The first-order valence-electron chi connectivity index (χ1n) is 10.7. The number of carbonyl (C=O) groups excluding carboxylic acids is 1. The predicted octanol–water partition coefficient (Wildman–Crippen LogP) is 1.55. The number of hydroxylamine groups is 1. The number of benzene rings is 3. The molecule has 172 valence electrons. The SMILES string of the molecule is Cc1ccc([NH+]=C(NOCC(=O)NC(c2ccccc2)c2ccccc2)c2nonc2N)cc1. The number of hydrogen-bond donors (Lipinski definition) is 4.